The molecule has 2 aromatic heterocycles. The van der Waals surface area contributed by atoms with Crippen molar-refractivity contribution in [2.45, 2.75) is 25.8 Å². The number of nitrogen functional groups attached to an aromatic ring is 1. The average Bonchev–Trinajstić information content (AvgIpc) is 3.51. The van der Waals surface area contributed by atoms with Gasteiger partial charge in [0.25, 0.3) is 0 Å². The summed E-state index contributed by atoms with van der Waals surface area (Å²) in [6.45, 7) is 6.79. The zero-order valence-corrected chi connectivity index (χ0v) is 16.6. The second kappa shape index (κ2) is 7.29. The van der Waals surface area contributed by atoms with Crippen molar-refractivity contribution < 1.29 is 4.79 Å². The van der Waals surface area contributed by atoms with Gasteiger partial charge >= 0.3 is 0 Å². The van der Waals surface area contributed by atoms with Crippen LogP contribution in [0.4, 0.5) is 11.6 Å². The number of nitrogens with two attached hydrogens (primary N) is 1. The molecule has 0 unspecified atom stereocenters. The number of hydrogen-bond acceptors (Lipinski definition) is 6. The monoisotopic (exact) mass is 401 g/mol. The Morgan fingerprint density at radius 2 is 2.07 bits per heavy atom. The second-order valence-corrected chi connectivity index (χ2v) is 7.67. The highest BCUT2D eigenvalue weighted by atomic mass is 16.2. The van der Waals surface area contributed by atoms with Crippen molar-refractivity contribution in [2.24, 2.45) is 0 Å². The molecule has 152 valence electrons. The van der Waals surface area contributed by atoms with Crippen LogP contribution in [0.5, 0.6) is 0 Å². The normalized spacial score (nSPS) is 15.7. The molecule has 1 saturated heterocycles. The van der Waals surface area contributed by atoms with E-state index in [2.05, 4.69) is 43.5 Å². The number of nitrogens with one attached hydrogen (secondary N) is 1. The number of aromatic amines is 1. The summed E-state index contributed by atoms with van der Waals surface area (Å²) in [7, 11) is 0. The number of rotatable bonds is 5. The molecule has 1 amide bonds. The summed E-state index contributed by atoms with van der Waals surface area (Å²) < 4.78 is 0. The zero-order valence-electron chi connectivity index (χ0n) is 16.6. The molecule has 5 rings (SSSR count). The number of imidazole rings is 1. The van der Waals surface area contributed by atoms with E-state index in [1.807, 2.05) is 12.1 Å². The van der Waals surface area contributed by atoms with Crippen LogP contribution in [-0.4, -0.2) is 43.8 Å². The number of amides is 1. The number of carbonyl (C=O) groups excluding carboxylic acids is 1. The molecule has 8 heteroatoms. The highest BCUT2D eigenvalue weighted by Gasteiger charge is 2.32. The summed E-state index contributed by atoms with van der Waals surface area (Å²) in [4.78, 5) is 32.9. The summed E-state index contributed by atoms with van der Waals surface area (Å²) in [5.74, 6) is 1.74. The van der Waals surface area contributed by atoms with Gasteiger partial charge in [0.1, 0.15) is 11.6 Å². The minimum absolute atomic E-state index is 0.0358. The molecule has 1 fully saturated rings. The molecule has 3 aromatic rings. The Kier molecular flexibility index (Phi) is 4.46. The molecule has 0 aliphatic carbocycles. The Labute approximate surface area is 174 Å². The van der Waals surface area contributed by atoms with Gasteiger partial charge in [-0.1, -0.05) is 24.8 Å². The van der Waals surface area contributed by atoms with Gasteiger partial charge < -0.3 is 15.6 Å². The van der Waals surface area contributed by atoms with Gasteiger partial charge in [-0.2, -0.15) is 0 Å². The molecule has 30 heavy (non-hydrogen) atoms. The standard InChI is InChI=1S/C22H23N7O/c1-14(28-9-2-3-10-28)16-6-4-5-15(11-16)13-29-18(30)12-17-19(23)26-21(27-22(17)29)20-24-7-8-25-20/h4-8,11H,1-3,9-10,12-13H2,(H,24,25)(H2,23,26,27). The molecule has 3 N–H and O–H groups in total. The first-order chi connectivity index (χ1) is 14.6. The number of aromatic nitrogens is 4. The lowest BCUT2D eigenvalue weighted by Crippen LogP contribution is -2.27. The molecule has 8 nitrogen and oxygen atoms in total. The Morgan fingerprint density at radius 1 is 1.23 bits per heavy atom. The maximum atomic E-state index is 12.8. The molecule has 0 atom stereocenters. The van der Waals surface area contributed by atoms with Crippen LogP contribution in [-0.2, 0) is 17.8 Å². The van der Waals surface area contributed by atoms with Gasteiger partial charge in [-0.25, -0.2) is 15.0 Å². The van der Waals surface area contributed by atoms with Crippen LogP contribution in [0.1, 0.15) is 29.5 Å². The molecule has 0 saturated carbocycles. The minimum atomic E-state index is -0.0358. The van der Waals surface area contributed by atoms with E-state index in [9.17, 15) is 4.79 Å². The maximum absolute atomic E-state index is 12.8. The van der Waals surface area contributed by atoms with Crippen molar-refractivity contribution in [3.05, 3.63) is 59.9 Å². The van der Waals surface area contributed by atoms with Crippen LogP contribution in [0.3, 0.4) is 0 Å². The fraction of sp³-hybridized carbons (Fsp3) is 0.273. The fourth-order valence-corrected chi connectivity index (χ4v) is 4.10. The number of H-pyrrole nitrogens is 1. The molecule has 2 aliphatic rings. The van der Waals surface area contributed by atoms with Crippen LogP contribution >= 0.6 is 0 Å². The van der Waals surface area contributed by atoms with Gasteiger partial charge in [0, 0.05) is 36.7 Å². The Bertz CT molecular complexity index is 1120. The lowest BCUT2D eigenvalue weighted by molar-refractivity contribution is -0.117. The van der Waals surface area contributed by atoms with Crippen molar-refractivity contribution in [1.29, 1.82) is 0 Å². The SMILES string of the molecule is C=C(c1cccc(CN2C(=O)Cc3c(N)nc(-c4ncc[nH]4)nc32)c1)N1CCCC1. The van der Waals surface area contributed by atoms with Crippen LogP contribution < -0.4 is 10.6 Å². The molecular weight excluding hydrogens is 378 g/mol. The minimum Gasteiger partial charge on any atom is -0.383 e. The fourth-order valence-electron chi connectivity index (χ4n) is 4.10. The van der Waals surface area contributed by atoms with Crippen LogP contribution in [0.25, 0.3) is 17.3 Å². The number of hydrogen-bond donors (Lipinski definition) is 2. The van der Waals surface area contributed by atoms with Gasteiger partial charge in [-0.05, 0) is 30.0 Å². The number of carbonyl (C=O) groups is 1. The van der Waals surface area contributed by atoms with Crippen molar-refractivity contribution in [1.82, 2.24) is 24.8 Å². The molecule has 1 aromatic carbocycles. The molecule has 4 heterocycles. The van der Waals surface area contributed by atoms with E-state index in [1.165, 1.54) is 12.8 Å². The highest BCUT2D eigenvalue weighted by molar-refractivity contribution is 6.01. The van der Waals surface area contributed by atoms with Gasteiger partial charge in [-0.15, -0.1) is 0 Å². The quantitative estimate of drug-likeness (QED) is 0.681. The smallest absolute Gasteiger partial charge is 0.233 e. The average molecular weight is 401 g/mol. The van der Waals surface area contributed by atoms with Crippen LogP contribution in [0.15, 0.2) is 43.2 Å². The third kappa shape index (κ3) is 3.20. The second-order valence-electron chi connectivity index (χ2n) is 7.67. The summed E-state index contributed by atoms with van der Waals surface area (Å²) in [6.07, 6.45) is 5.95. The van der Waals surface area contributed by atoms with Gasteiger partial charge in [0.15, 0.2) is 11.6 Å². The molecular formula is C22H23N7O. The number of anilines is 2. The number of likely N-dealkylation sites (tertiary alicyclic amines) is 1. The van der Waals surface area contributed by atoms with Crippen molar-refractivity contribution in [3.63, 3.8) is 0 Å². The van der Waals surface area contributed by atoms with E-state index in [0.29, 0.717) is 35.4 Å². The van der Waals surface area contributed by atoms with Crippen molar-refractivity contribution >= 4 is 23.2 Å². The van der Waals surface area contributed by atoms with Gasteiger partial charge in [0.2, 0.25) is 5.91 Å². The zero-order chi connectivity index (χ0) is 20.7. The molecule has 0 spiro atoms. The van der Waals surface area contributed by atoms with Gasteiger partial charge in [0.05, 0.1) is 13.0 Å². The third-order valence-electron chi connectivity index (χ3n) is 5.70. The first kappa shape index (κ1) is 18.4. The van der Waals surface area contributed by atoms with Crippen molar-refractivity contribution in [2.75, 3.05) is 23.7 Å². The van der Waals surface area contributed by atoms with E-state index >= 15 is 0 Å². The number of nitrogens with zero attached hydrogens (tertiary/aromatic N) is 5. The lowest BCUT2D eigenvalue weighted by Gasteiger charge is -2.22. The molecule has 0 radical (unpaired) electrons. The highest BCUT2D eigenvalue weighted by Crippen LogP contribution is 2.33. The summed E-state index contributed by atoms with van der Waals surface area (Å²) in [5, 5.41) is 0. The van der Waals surface area contributed by atoms with Crippen molar-refractivity contribution in [3.8, 4) is 11.6 Å². The first-order valence-corrected chi connectivity index (χ1v) is 10.1. The van der Waals surface area contributed by atoms with E-state index < -0.39 is 0 Å². The maximum Gasteiger partial charge on any atom is 0.233 e. The van der Waals surface area contributed by atoms with E-state index in [4.69, 9.17) is 5.73 Å². The summed E-state index contributed by atoms with van der Waals surface area (Å²) >= 11 is 0. The molecule has 0 bridgehead atoms. The topological polar surface area (TPSA) is 104 Å². The molecule has 2 aliphatic heterocycles. The first-order valence-electron chi connectivity index (χ1n) is 10.1. The van der Waals surface area contributed by atoms with Crippen LogP contribution in [0.2, 0.25) is 0 Å². The van der Waals surface area contributed by atoms with E-state index in [-0.39, 0.29) is 12.3 Å². The van der Waals surface area contributed by atoms with Crippen LogP contribution in [0, 0.1) is 0 Å². The van der Waals surface area contributed by atoms with E-state index in [1.54, 1.807) is 17.3 Å². The third-order valence-corrected chi connectivity index (χ3v) is 5.70. The number of fused-ring (bicyclic) bond motifs is 1. The Morgan fingerprint density at radius 3 is 2.83 bits per heavy atom. The summed E-state index contributed by atoms with van der Waals surface area (Å²) in [6, 6.07) is 8.20. The number of benzene rings is 1. The largest absolute Gasteiger partial charge is 0.383 e. The van der Waals surface area contributed by atoms with E-state index in [0.717, 1.165) is 29.9 Å². The predicted octanol–water partition coefficient (Wildman–Crippen LogP) is 2.60. The lowest BCUT2D eigenvalue weighted by atomic mass is 10.1. The Balaban J connectivity index is 1.44. The summed E-state index contributed by atoms with van der Waals surface area (Å²) in [5.41, 5.74) is 9.95. The predicted molar refractivity (Wildman–Crippen MR) is 115 cm³/mol. The Hall–Kier alpha value is -3.68. The van der Waals surface area contributed by atoms with Gasteiger partial charge in [-0.3, -0.25) is 9.69 Å².